The molecule has 0 aromatic heterocycles. The first-order valence-electron chi connectivity index (χ1n) is 8.55. The summed E-state index contributed by atoms with van der Waals surface area (Å²) in [5, 5.41) is 13.3. The number of carbonyl (C=O) groups excluding carboxylic acids is 1. The Kier molecular flexibility index (Phi) is 7.07. The molecule has 0 atom stereocenters. The number of rotatable bonds is 9. The number of ether oxygens (including phenoxy) is 1. The zero-order valence-corrected chi connectivity index (χ0v) is 16.3. The van der Waals surface area contributed by atoms with Gasteiger partial charge in [0.25, 0.3) is 11.6 Å². The van der Waals surface area contributed by atoms with Crippen LogP contribution in [0.5, 0.6) is 5.75 Å². The SMILES string of the molecule is CCN(CC)S(=O)(=O)c1ccc(OCC(=O)Nc2cccc([N+](=O)[O-])c2)cc1. The Hall–Kier alpha value is -2.98. The summed E-state index contributed by atoms with van der Waals surface area (Å²) in [6, 6.07) is 11.3. The number of amides is 1. The van der Waals surface area contributed by atoms with Crippen LogP contribution in [0.2, 0.25) is 0 Å². The molecule has 0 saturated carbocycles. The monoisotopic (exact) mass is 407 g/mol. The average molecular weight is 407 g/mol. The Bertz CT molecular complexity index is 940. The number of anilines is 1. The van der Waals surface area contributed by atoms with Gasteiger partial charge in [0.1, 0.15) is 5.75 Å². The zero-order chi connectivity index (χ0) is 20.7. The second-order valence-electron chi connectivity index (χ2n) is 5.71. The summed E-state index contributed by atoms with van der Waals surface area (Å²) in [6.07, 6.45) is 0. The highest BCUT2D eigenvalue weighted by molar-refractivity contribution is 7.89. The molecule has 0 aliphatic heterocycles. The van der Waals surface area contributed by atoms with Crippen molar-refractivity contribution in [2.75, 3.05) is 25.0 Å². The number of nitrogens with zero attached hydrogens (tertiary/aromatic N) is 2. The highest BCUT2D eigenvalue weighted by atomic mass is 32.2. The molecule has 0 spiro atoms. The summed E-state index contributed by atoms with van der Waals surface area (Å²) in [7, 11) is -3.56. The van der Waals surface area contributed by atoms with E-state index in [9.17, 15) is 23.3 Å². The summed E-state index contributed by atoms with van der Waals surface area (Å²) in [5.74, 6) is -0.173. The van der Waals surface area contributed by atoms with Gasteiger partial charge in [0.05, 0.1) is 9.82 Å². The molecule has 0 aliphatic carbocycles. The molecule has 0 fully saturated rings. The topological polar surface area (TPSA) is 119 Å². The molecule has 9 nitrogen and oxygen atoms in total. The van der Waals surface area contributed by atoms with Crippen LogP contribution in [-0.4, -0.2) is 43.2 Å². The van der Waals surface area contributed by atoms with Crippen LogP contribution in [0.25, 0.3) is 0 Å². The van der Waals surface area contributed by atoms with Gasteiger partial charge in [0.2, 0.25) is 10.0 Å². The molecular weight excluding hydrogens is 386 g/mol. The van der Waals surface area contributed by atoms with Gasteiger partial charge >= 0.3 is 0 Å². The second kappa shape index (κ2) is 9.29. The number of hydrogen-bond donors (Lipinski definition) is 1. The lowest BCUT2D eigenvalue weighted by Gasteiger charge is -2.18. The maximum absolute atomic E-state index is 12.4. The fraction of sp³-hybridized carbons (Fsp3) is 0.278. The Morgan fingerprint density at radius 2 is 1.79 bits per heavy atom. The predicted molar refractivity (Wildman–Crippen MR) is 104 cm³/mol. The summed E-state index contributed by atoms with van der Waals surface area (Å²) in [6.45, 7) is 3.94. The maximum atomic E-state index is 12.4. The van der Waals surface area contributed by atoms with E-state index in [1.54, 1.807) is 13.8 Å². The van der Waals surface area contributed by atoms with Crippen LogP contribution in [0.4, 0.5) is 11.4 Å². The first kappa shape index (κ1) is 21.3. The van der Waals surface area contributed by atoms with Gasteiger partial charge < -0.3 is 10.1 Å². The Morgan fingerprint density at radius 3 is 2.36 bits per heavy atom. The maximum Gasteiger partial charge on any atom is 0.271 e. The van der Waals surface area contributed by atoms with E-state index in [1.165, 1.54) is 52.8 Å². The Labute approximate surface area is 163 Å². The third kappa shape index (κ3) is 5.27. The smallest absolute Gasteiger partial charge is 0.271 e. The fourth-order valence-electron chi connectivity index (χ4n) is 2.46. The first-order chi connectivity index (χ1) is 13.3. The summed E-state index contributed by atoms with van der Waals surface area (Å²) in [5.41, 5.74) is 0.146. The molecule has 0 bridgehead atoms. The lowest BCUT2D eigenvalue weighted by atomic mass is 10.3. The van der Waals surface area contributed by atoms with E-state index in [0.29, 0.717) is 18.8 Å². The average Bonchev–Trinajstić information content (AvgIpc) is 2.67. The molecule has 0 aliphatic rings. The van der Waals surface area contributed by atoms with Crippen LogP contribution in [0.1, 0.15) is 13.8 Å². The molecule has 2 aromatic rings. The van der Waals surface area contributed by atoms with Gasteiger partial charge in [0.15, 0.2) is 6.61 Å². The van der Waals surface area contributed by atoms with Crippen molar-refractivity contribution in [3.8, 4) is 5.75 Å². The molecule has 2 aromatic carbocycles. The molecule has 0 heterocycles. The van der Waals surface area contributed by atoms with Gasteiger partial charge in [0, 0.05) is 30.9 Å². The predicted octanol–water partition coefficient (Wildman–Crippen LogP) is 2.64. The van der Waals surface area contributed by atoms with Gasteiger partial charge in [-0.05, 0) is 30.3 Å². The van der Waals surface area contributed by atoms with Gasteiger partial charge in [-0.3, -0.25) is 14.9 Å². The van der Waals surface area contributed by atoms with E-state index in [-0.39, 0.29) is 22.9 Å². The number of carbonyl (C=O) groups is 1. The van der Waals surface area contributed by atoms with Crippen molar-refractivity contribution in [2.24, 2.45) is 0 Å². The number of nitrogens with one attached hydrogen (secondary N) is 1. The van der Waals surface area contributed by atoms with Crippen molar-refractivity contribution in [1.82, 2.24) is 4.31 Å². The van der Waals surface area contributed by atoms with E-state index in [1.807, 2.05) is 0 Å². The van der Waals surface area contributed by atoms with Gasteiger partial charge in [-0.15, -0.1) is 0 Å². The number of sulfonamides is 1. The van der Waals surface area contributed by atoms with Crippen molar-refractivity contribution in [3.63, 3.8) is 0 Å². The van der Waals surface area contributed by atoms with Crippen molar-refractivity contribution in [2.45, 2.75) is 18.7 Å². The van der Waals surface area contributed by atoms with Crippen LogP contribution in [0.3, 0.4) is 0 Å². The lowest BCUT2D eigenvalue weighted by Crippen LogP contribution is -2.30. The van der Waals surface area contributed by atoms with Crippen molar-refractivity contribution >= 4 is 27.3 Å². The largest absolute Gasteiger partial charge is 0.484 e. The molecule has 10 heteroatoms. The summed E-state index contributed by atoms with van der Waals surface area (Å²) in [4.78, 5) is 22.3. The van der Waals surface area contributed by atoms with Crippen LogP contribution in [0.15, 0.2) is 53.4 Å². The number of non-ortho nitro benzene ring substituents is 1. The van der Waals surface area contributed by atoms with Gasteiger partial charge in [-0.2, -0.15) is 4.31 Å². The molecule has 1 N–H and O–H groups in total. The molecule has 0 radical (unpaired) electrons. The van der Waals surface area contributed by atoms with E-state index < -0.39 is 20.9 Å². The van der Waals surface area contributed by atoms with Crippen molar-refractivity contribution in [3.05, 3.63) is 58.6 Å². The summed E-state index contributed by atoms with van der Waals surface area (Å²) < 4.78 is 31.5. The number of nitro groups is 1. The fourth-order valence-corrected chi connectivity index (χ4v) is 3.92. The van der Waals surface area contributed by atoms with E-state index in [0.717, 1.165) is 0 Å². The van der Waals surface area contributed by atoms with Gasteiger partial charge in [-0.1, -0.05) is 19.9 Å². The first-order valence-corrected chi connectivity index (χ1v) is 9.99. The number of hydrogen-bond acceptors (Lipinski definition) is 6. The quantitative estimate of drug-likeness (QED) is 0.504. The third-order valence-corrected chi connectivity index (χ3v) is 5.94. The van der Waals surface area contributed by atoms with Gasteiger partial charge in [-0.25, -0.2) is 8.42 Å². The third-order valence-electron chi connectivity index (χ3n) is 3.88. The second-order valence-corrected chi connectivity index (χ2v) is 7.64. The van der Waals surface area contributed by atoms with Crippen LogP contribution >= 0.6 is 0 Å². The molecule has 0 saturated heterocycles. The standard InChI is InChI=1S/C18H21N3O6S/c1-3-20(4-2)28(25,26)17-10-8-16(9-11-17)27-13-18(22)19-14-6-5-7-15(12-14)21(23)24/h5-12H,3-4,13H2,1-2H3,(H,19,22). The van der Waals surface area contributed by atoms with E-state index in [2.05, 4.69) is 5.32 Å². The van der Waals surface area contributed by atoms with Crippen molar-refractivity contribution < 1.29 is 22.9 Å². The molecule has 150 valence electrons. The molecular formula is C18H21N3O6S. The molecule has 1 amide bonds. The minimum Gasteiger partial charge on any atom is -0.484 e. The Morgan fingerprint density at radius 1 is 1.14 bits per heavy atom. The lowest BCUT2D eigenvalue weighted by molar-refractivity contribution is -0.384. The van der Waals surface area contributed by atoms with Crippen LogP contribution in [-0.2, 0) is 14.8 Å². The number of benzene rings is 2. The molecule has 28 heavy (non-hydrogen) atoms. The van der Waals surface area contributed by atoms with E-state index in [4.69, 9.17) is 4.74 Å². The normalized spacial score (nSPS) is 11.2. The molecule has 0 unspecified atom stereocenters. The zero-order valence-electron chi connectivity index (χ0n) is 15.5. The van der Waals surface area contributed by atoms with Crippen molar-refractivity contribution in [1.29, 1.82) is 0 Å². The minimum atomic E-state index is -3.56. The highest BCUT2D eigenvalue weighted by Crippen LogP contribution is 2.20. The minimum absolute atomic E-state index is 0.135. The van der Waals surface area contributed by atoms with Crippen LogP contribution < -0.4 is 10.1 Å². The van der Waals surface area contributed by atoms with E-state index >= 15 is 0 Å². The van der Waals surface area contributed by atoms with Crippen LogP contribution in [0, 0.1) is 10.1 Å². The number of nitro benzene ring substituents is 1. The molecule has 2 rings (SSSR count). The Balaban J connectivity index is 1.97. The highest BCUT2D eigenvalue weighted by Gasteiger charge is 2.21. The summed E-state index contributed by atoms with van der Waals surface area (Å²) >= 11 is 0.